The van der Waals surface area contributed by atoms with E-state index in [9.17, 15) is 9.18 Å². The summed E-state index contributed by atoms with van der Waals surface area (Å²) in [7, 11) is 1.62. The van der Waals surface area contributed by atoms with Crippen molar-refractivity contribution in [3.8, 4) is 22.4 Å². The lowest BCUT2D eigenvalue weighted by molar-refractivity contribution is 0.628. The molecule has 0 atom stereocenters. The normalized spacial score (nSPS) is 11.5. The first-order valence-electron chi connectivity index (χ1n) is 9.86. The monoisotopic (exact) mass is 463 g/mol. The van der Waals surface area contributed by atoms with Crippen LogP contribution in [0.4, 0.5) is 10.3 Å². The first-order chi connectivity index (χ1) is 15.8. The van der Waals surface area contributed by atoms with E-state index in [-0.39, 0.29) is 29.3 Å². The first kappa shape index (κ1) is 22.1. The molecule has 0 aliphatic carbocycles. The van der Waals surface area contributed by atoms with Gasteiger partial charge < -0.3 is 15.3 Å². The zero-order valence-electron chi connectivity index (χ0n) is 17.5. The third kappa shape index (κ3) is 4.88. The van der Waals surface area contributed by atoms with Gasteiger partial charge in [-0.15, -0.1) is 0 Å². The molecule has 0 saturated heterocycles. The van der Waals surface area contributed by atoms with E-state index in [2.05, 4.69) is 19.9 Å². The zero-order chi connectivity index (χ0) is 23.5. The third-order valence-corrected chi connectivity index (χ3v) is 5.20. The molecule has 8 nitrogen and oxygen atoms in total. The Balaban J connectivity index is 1.94. The van der Waals surface area contributed by atoms with Crippen LogP contribution in [-0.4, -0.2) is 25.4 Å². The summed E-state index contributed by atoms with van der Waals surface area (Å²) in [5, 5.41) is 8.85. The van der Waals surface area contributed by atoms with Crippen LogP contribution in [0, 0.1) is 11.2 Å². The Morgan fingerprint density at radius 2 is 1.94 bits per heavy atom. The summed E-state index contributed by atoms with van der Waals surface area (Å²) >= 11 is 6.17. The number of nitrogen functional groups attached to an aromatic ring is 1. The van der Waals surface area contributed by atoms with Crippen molar-refractivity contribution in [1.82, 2.24) is 19.5 Å². The number of nitrogens with two attached hydrogens (primary N) is 1. The van der Waals surface area contributed by atoms with Crippen molar-refractivity contribution < 1.29 is 4.39 Å². The molecule has 0 aliphatic heterocycles. The smallest absolute Gasteiger partial charge is 0.250 e. The largest absolute Gasteiger partial charge is 0.369 e. The molecule has 0 unspecified atom stereocenters. The Labute approximate surface area is 192 Å². The number of hydrogen-bond donors (Lipinski definition) is 3. The molecule has 1 aromatic carbocycles. The van der Waals surface area contributed by atoms with E-state index < -0.39 is 5.82 Å². The number of rotatable bonds is 4. The molecule has 3 aromatic heterocycles. The number of amidine groups is 1. The van der Waals surface area contributed by atoms with Crippen molar-refractivity contribution in [3.05, 3.63) is 93.3 Å². The van der Waals surface area contributed by atoms with Gasteiger partial charge in [-0.3, -0.25) is 15.2 Å². The lowest BCUT2D eigenvalue weighted by Gasteiger charge is -2.12. The Bertz CT molecular complexity index is 1480. The van der Waals surface area contributed by atoms with Crippen LogP contribution in [-0.2, 0) is 13.5 Å². The summed E-state index contributed by atoms with van der Waals surface area (Å²) in [5.74, 6) is -0.351. The fourth-order valence-corrected chi connectivity index (χ4v) is 3.49. The quantitative estimate of drug-likeness (QED) is 0.317. The van der Waals surface area contributed by atoms with Gasteiger partial charge in [0.1, 0.15) is 17.1 Å². The lowest BCUT2D eigenvalue weighted by atomic mass is 10.0. The molecule has 0 amide bonds. The zero-order valence-corrected chi connectivity index (χ0v) is 18.3. The highest BCUT2D eigenvalue weighted by molar-refractivity contribution is 6.31. The lowest BCUT2D eigenvalue weighted by Crippen LogP contribution is -2.21. The molecule has 166 valence electrons. The molecule has 0 radical (unpaired) electrons. The second-order valence-corrected chi connectivity index (χ2v) is 7.64. The minimum Gasteiger partial charge on any atom is -0.369 e. The van der Waals surface area contributed by atoms with Crippen LogP contribution in [0.2, 0.25) is 5.02 Å². The Morgan fingerprint density at radius 1 is 1.21 bits per heavy atom. The van der Waals surface area contributed by atoms with E-state index >= 15 is 0 Å². The Hall–Kier alpha value is -4.11. The summed E-state index contributed by atoms with van der Waals surface area (Å²) in [6.45, 7) is 0. The molecule has 0 spiro atoms. The maximum absolute atomic E-state index is 13.5. The van der Waals surface area contributed by atoms with Crippen LogP contribution in [0.5, 0.6) is 0 Å². The number of nitrogens with zero attached hydrogens (tertiary/aromatic N) is 4. The molecule has 0 aliphatic rings. The standard InChI is InChI=1S/C23H19ClFN7O/c1-32-12-14(6-9-19(32)33)20-21(13-4-7-15(25)8-5-13)30-23(27)31-22(20)29-18(26)11-17-16(24)3-2-10-28-17/h2-10,12H,11H2,1H3,(H4,26,27,29,30,31). The van der Waals surface area contributed by atoms with Gasteiger partial charge in [0.15, 0.2) is 5.95 Å². The van der Waals surface area contributed by atoms with E-state index in [1.807, 2.05) is 0 Å². The molecule has 0 fully saturated rings. The van der Waals surface area contributed by atoms with Crippen molar-refractivity contribution in [2.75, 3.05) is 5.73 Å². The van der Waals surface area contributed by atoms with Crippen molar-refractivity contribution in [2.24, 2.45) is 12.0 Å². The Kier molecular flexibility index (Phi) is 6.14. The van der Waals surface area contributed by atoms with Gasteiger partial charge in [0.05, 0.1) is 28.4 Å². The molecule has 4 aromatic rings. The summed E-state index contributed by atoms with van der Waals surface area (Å²) in [5.41, 5.74) is 8.74. The highest BCUT2D eigenvalue weighted by atomic mass is 35.5. The van der Waals surface area contributed by atoms with Gasteiger partial charge in [-0.2, -0.15) is 0 Å². The summed E-state index contributed by atoms with van der Waals surface area (Å²) in [6, 6.07) is 12.2. The predicted octanol–water partition coefficient (Wildman–Crippen LogP) is 3.33. The number of aromatic amines is 1. The predicted molar refractivity (Wildman–Crippen MR) is 125 cm³/mol. The first-order valence-corrected chi connectivity index (χ1v) is 10.2. The van der Waals surface area contributed by atoms with Gasteiger partial charge in [0.2, 0.25) is 5.56 Å². The second-order valence-electron chi connectivity index (χ2n) is 7.24. The van der Waals surface area contributed by atoms with Crippen LogP contribution in [0.1, 0.15) is 5.69 Å². The number of benzene rings is 1. The highest BCUT2D eigenvalue weighted by Crippen LogP contribution is 2.27. The molecule has 0 saturated carbocycles. The number of hydrogen-bond acceptors (Lipinski definition) is 5. The van der Waals surface area contributed by atoms with Gasteiger partial charge >= 0.3 is 0 Å². The fourth-order valence-electron chi connectivity index (χ4n) is 3.30. The summed E-state index contributed by atoms with van der Waals surface area (Å²) in [4.78, 5) is 27.9. The SMILES string of the molecule is Cn1cc(-c2c(-c3ccc(F)cc3)nc(N)[nH]/c2=N\C(=N)Cc2ncccc2Cl)ccc1=O. The fraction of sp³-hybridized carbons (Fsp3) is 0.0870. The number of H-pyrrole nitrogens is 1. The minimum absolute atomic E-state index is 0.0198. The average molecular weight is 464 g/mol. The molecule has 4 rings (SSSR count). The van der Waals surface area contributed by atoms with Gasteiger partial charge in [-0.1, -0.05) is 11.6 Å². The molecular weight excluding hydrogens is 445 g/mol. The van der Waals surface area contributed by atoms with Crippen LogP contribution >= 0.6 is 11.6 Å². The number of anilines is 1. The van der Waals surface area contributed by atoms with E-state index in [4.69, 9.17) is 22.7 Å². The van der Waals surface area contributed by atoms with Gasteiger partial charge in [-0.05, 0) is 42.5 Å². The van der Waals surface area contributed by atoms with Crippen molar-refractivity contribution in [1.29, 1.82) is 5.41 Å². The van der Waals surface area contributed by atoms with E-state index in [0.29, 0.717) is 33.1 Å². The molecule has 4 N–H and O–H groups in total. The van der Waals surface area contributed by atoms with E-state index in [1.54, 1.807) is 49.8 Å². The van der Waals surface area contributed by atoms with Gasteiger partial charge in [0, 0.05) is 36.6 Å². The highest BCUT2D eigenvalue weighted by Gasteiger charge is 2.16. The van der Waals surface area contributed by atoms with Crippen LogP contribution in [0.25, 0.3) is 22.4 Å². The maximum atomic E-state index is 13.5. The molecule has 0 bridgehead atoms. The van der Waals surface area contributed by atoms with Crippen molar-refractivity contribution >= 4 is 23.4 Å². The van der Waals surface area contributed by atoms with Crippen LogP contribution < -0.4 is 16.8 Å². The van der Waals surface area contributed by atoms with Crippen LogP contribution in [0.3, 0.4) is 0 Å². The minimum atomic E-state index is -0.392. The van der Waals surface area contributed by atoms with E-state index in [0.717, 1.165) is 0 Å². The number of aryl methyl sites for hydroxylation is 1. The van der Waals surface area contributed by atoms with E-state index in [1.165, 1.54) is 22.8 Å². The molecule has 3 heterocycles. The number of nitrogens with one attached hydrogen (secondary N) is 2. The van der Waals surface area contributed by atoms with Gasteiger partial charge in [0.25, 0.3) is 0 Å². The van der Waals surface area contributed by atoms with Crippen molar-refractivity contribution in [3.63, 3.8) is 0 Å². The number of pyridine rings is 2. The molecule has 33 heavy (non-hydrogen) atoms. The third-order valence-electron chi connectivity index (χ3n) is 4.86. The van der Waals surface area contributed by atoms with Gasteiger partial charge in [-0.25, -0.2) is 14.4 Å². The molecular formula is C23H19ClFN7O. The topological polar surface area (TPSA) is 126 Å². The summed E-state index contributed by atoms with van der Waals surface area (Å²) in [6.07, 6.45) is 3.32. The summed E-state index contributed by atoms with van der Waals surface area (Å²) < 4.78 is 15.0. The molecule has 10 heteroatoms. The second kappa shape index (κ2) is 9.17. The van der Waals surface area contributed by atoms with Crippen molar-refractivity contribution in [2.45, 2.75) is 6.42 Å². The number of aromatic nitrogens is 4. The Morgan fingerprint density at radius 3 is 2.64 bits per heavy atom. The average Bonchev–Trinajstić information content (AvgIpc) is 2.77. The van der Waals surface area contributed by atoms with Crippen LogP contribution in [0.15, 0.2) is 70.7 Å². The maximum Gasteiger partial charge on any atom is 0.250 e. The number of halogens is 2.